The van der Waals surface area contributed by atoms with Crippen LogP contribution in [0, 0.1) is 0 Å². The summed E-state index contributed by atoms with van der Waals surface area (Å²) in [5, 5.41) is 26.3. The van der Waals surface area contributed by atoms with Gasteiger partial charge in [-0.3, -0.25) is 14.5 Å². The molecule has 0 saturated carbocycles. The van der Waals surface area contributed by atoms with E-state index in [-0.39, 0.29) is 51.8 Å². The van der Waals surface area contributed by atoms with Crippen molar-refractivity contribution in [2.24, 2.45) is 5.16 Å². The van der Waals surface area contributed by atoms with Crippen molar-refractivity contribution in [1.29, 1.82) is 0 Å². The SMILES string of the molecule is CC(C)(ON=C(C(=O)N[C@@H]1C(=O)N2C(C(=O)O)=C(C[n+]3ccccc3)CS[C@H]12)c1csc(N)n1)C(=O)O.[Na+]. The number of nitrogens with two attached hydrogens (primary N) is 1. The first-order valence-corrected chi connectivity index (χ1v) is 12.8. The maximum absolute atomic E-state index is 13.1. The second-order valence-electron chi connectivity index (χ2n) is 8.58. The Morgan fingerprint density at radius 2 is 1.97 bits per heavy atom. The van der Waals surface area contributed by atoms with Gasteiger partial charge in [-0.2, -0.15) is 0 Å². The Morgan fingerprint density at radius 1 is 1.29 bits per heavy atom. The maximum Gasteiger partial charge on any atom is 1.00 e. The van der Waals surface area contributed by atoms with E-state index in [1.165, 1.54) is 35.9 Å². The van der Waals surface area contributed by atoms with Crippen LogP contribution in [0.1, 0.15) is 19.5 Å². The molecule has 0 bridgehead atoms. The molecule has 1 saturated heterocycles. The van der Waals surface area contributed by atoms with Crippen LogP contribution in [-0.2, 0) is 30.6 Å². The topological polar surface area (TPSA) is 188 Å². The Labute approximate surface area is 247 Å². The van der Waals surface area contributed by atoms with Gasteiger partial charge in [-0.05, 0) is 13.8 Å². The number of anilines is 1. The molecule has 0 aliphatic carbocycles. The summed E-state index contributed by atoms with van der Waals surface area (Å²) in [5.74, 6) is -3.66. The molecule has 2 atom stereocenters. The van der Waals surface area contributed by atoms with Crippen molar-refractivity contribution >= 4 is 57.7 Å². The minimum atomic E-state index is -1.75. The number of thiazole rings is 1. The van der Waals surface area contributed by atoms with E-state index < -0.39 is 40.8 Å². The number of rotatable bonds is 9. The molecule has 2 aromatic rings. The van der Waals surface area contributed by atoms with Crippen LogP contribution in [0.15, 0.2) is 52.4 Å². The molecule has 16 heteroatoms. The number of thioether (sulfide) groups is 1. The Hall–Kier alpha value is -2.98. The maximum atomic E-state index is 13.1. The second kappa shape index (κ2) is 11.8. The van der Waals surface area contributed by atoms with Gasteiger partial charge in [-0.1, -0.05) is 11.2 Å². The summed E-state index contributed by atoms with van der Waals surface area (Å²) < 4.78 is 1.81. The fourth-order valence-corrected chi connectivity index (χ4v) is 5.46. The van der Waals surface area contributed by atoms with Crippen molar-refractivity contribution in [2.45, 2.75) is 37.4 Å². The second-order valence-corrected chi connectivity index (χ2v) is 10.6. The molecule has 0 spiro atoms. The number of β-lactam (4-membered cyclic amide) rings is 1. The number of fused-ring (bicyclic) bond motifs is 1. The molecule has 4 heterocycles. The summed E-state index contributed by atoms with van der Waals surface area (Å²) in [4.78, 5) is 59.9. The number of carboxylic acids is 2. The van der Waals surface area contributed by atoms with Gasteiger partial charge >= 0.3 is 41.5 Å². The number of hydrogen-bond acceptors (Lipinski definition) is 10. The van der Waals surface area contributed by atoms with Crippen molar-refractivity contribution in [3.8, 4) is 0 Å². The number of hydrogen-bond donors (Lipinski definition) is 4. The van der Waals surface area contributed by atoms with E-state index in [9.17, 15) is 29.4 Å². The van der Waals surface area contributed by atoms with E-state index in [1.807, 2.05) is 22.8 Å². The predicted octanol–water partition coefficient (Wildman–Crippen LogP) is -2.96. The molecule has 4 rings (SSSR count). The molecule has 0 aromatic carbocycles. The standard InChI is InChI=1S/C22H22N6O7S2.Na/c1-22(2,20(33)34)35-26-13(12-10-37-21(23)24-12)16(29)25-14-17(30)28-15(19(31)32)11(9-36-18(14)28)8-27-6-4-3-5-7-27;/h3-7,10,14,18H,8-9H2,1-2H3,(H4-,23,24,25,29,31,32,33,34);/q;+1/p+1/t14-,18-;/m1./s1. The summed E-state index contributed by atoms with van der Waals surface area (Å²) in [5.41, 5.74) is 4.04. The van der Waals surface area contributed by atoms with Crippen LogP contribution >= 0.6 is 23.1 Å². The van der Waals surface area contributed by atoms with Gasteiger partial charge in [-0.25, -0.2) is 19.1 Å². The van der Waals surface area contributed by atoms with E-state index >= 15 is 0 Å². The van der Waals surface area contributed by atoms with Crippen molar-refractivity contribution in [3.63, 3.8) is 0 Å². The molecule has 2 amide bonds. The summed E-state index contributed by atoms with van der Waals surface area (Å²) in [6, 6.07) is 4.44. The zero-order chi connectivity index (χ0) is 26.9. The third kappa shape index (κ3) is 6.02. The number of aliphatic carboxylic acids is 2. The molecule has 0 unspecified atom stereocenters. The monoisotopic (exact) mass is 570 g/mol. The molecule has 5 N–H and O–H groups in total. The van der Waals surface area contributed by atoms with E-state index in [0.29, 0.717) is 17.9 Å². The van der Waals surface area contributed by atoms with Crippen LogP contribution in [0.3, 0.4) is 0 Å². The van der Waals surface area contributed by atoms with E-state index in [2.05, 4.69) is 15.5 Å². The Morgan fingerprint density at radius 3 is 2.55 bits per heavy atom. The Bertz CT molecular complexity index is 1330. The van der Waals surface area contributed by atoms with Gasteiger partial charge in [0.15, 0.2) is 29.8 Å². The van der Waals surface area contributed by atoms with Crippen molar-refractivity contribution in [3.05, 3.63) is 52.9 Å². The molecule has 2 aromatic heterocycles. The Balaban J connectivity index is 0.00000400. The minimum absolute atomic E-state index is 0. The fraction of sp³-hybridized carbons (Fsp3) is 0.318. The molecule has 38 heavy (non-hydrogen) atoms. The summed E-state index contributed by atoms with van der Waals surface area (Å²) >= 11 is 2.35. The van der Waals surface area contributed by atoms with Crippen molar-refractivity contribution in [1.82, 2.24) is 15.2 Å². The number of pyridine rings is 1. The van der Waals surface area contributed by atoms with Gasteiger partial charge in [0, 0.05) is 28.8 Å². The normalized spacial score (nSPS) is 19.2. The van der Waals surface area contributed by atoms with Crippen LogP contribution < -0.4 is 45.2 Å². The average Bonchev–Trinajstić information content (AvgIpc) is 3.28. The summed E-state index contributed by atoms with van der Waals surface area (Å²) in [7, 11) is 0. The molecule has 194 valence electrons. The van der Waals surface area contributed by atoms with Crippen molar-refractivity contribution in [2.75, 3.05) is 11.5 Å². The number of carboxylic acid groups (broad SMARTS) is 2. The van der Waals surface area contributed by atoms with Gasteiger partial charge in [-0.15, -0.1) is 23.1 Å². The quantitative estimate of drug-likeness (QED) is 0.0797. The van der Waals surface area contributed by atoms with Crippen molar-refractivity contribution < 1.29 is 68.4 Å². The first-order valence-electron chi connectivity index (χ1n) is 10.9. The van der Waals surface area contributed by atoms with Gasteiger partial charge < -0.3 is 26.1 Å². The molecule has 2 aliphatic heterocycles. The van der Waals surface area contributed by atoms with Crippen LogP contribution in [0.2, 0.25) is 0 Å². The number of amides is 2. The fourth-order valence-electron chi connectivity index (χ4n) is 3.57. The average molecular weight is 571 g/mol. The molecular weight excluding hydrogens is 547 g/mol. The molecular formula is C22H23N6NaO7S2+2. The number of nitrogens with zero attached hydrogens (tertiary/aromatic N) is 4. The predicted molar refractivity (Wildman–Crippen MR) is 132 cm³/mol. The zero-order valence-electron chi connectivity index (χ0n) is 20.7. The number of carbonyl (C=O) groups excluding carboxylic acids is 2. The van der Waals surface area contributed by atoms with Gasteiger partial charge in [0.25, 0.3) is 11.8 Å². The molecule has 0 radical (unpaired) electrons. The Kier molecular flexibility index (Phi) is 9.20. The van der Waals surface area contributed by atoms with E-state index in [1.54, 1.807) is 12.4 Å². The smallest absolute Gasteiger partial charge is 0.478 e. The first kappa shape index (κ1) is 29.6. The molecule has 1 fully saturated rings. The van der Waals surface area contributed by atoms with E-state index in [0.717, 1.165) is 11.3 Å². The first-order chi connectivity index (χ1) is 17.5. The largest absolute Gasteiger partial charge is 1.00 e. The zero-order valence-corrected chi connectivity index (χ0v) is 24.3. The summed E-state index contributed by atoms with van der Waals surface area (Å²) in [6.45, 7) is 2.80. The minimum Gasteiger partial charge on any atom is -0.478 e. The number of nitrogen functional groups attached to an aromatic ring is 1. The summed E-state index contributed by atoms with van der Waals surface area (Å²) in [6.07, 6.45) is 3.59. The third-order valence-electron chi connectivity index (χ3n) is 5.55. The van der Waals surface area contributed by atoms with Crippen LogP contribution in [0.4, 0.5) is 5.13 Å². The van der Waals surface area contributed by atoms with Crippen LogP contribution in [0.5, 0.6) is 0 Å². The molecule has 13 nitrogen and oxygen atoms in total. The van der Waals surface area contributed by atoms with E-state index in [4.69, 9.17) is 10.6 Å². The molecule has 2 aliphatic rings. The van der Waals surface area contributed by atoms with Crippen LogP contribution in [0.25, 0.3) is 0 Å². The number of aromatic nitrogens is 2. The number of nitrogens with one attached hydrogen (secondary N) is 1. The van der Waals surface area contributed by atoms with Crippen LogP contribution in [-0.4, -0.2) is 72.3 Å². The number of oxime groups is 1. The van der Waals surface area contributed by atoms with Gasteiger partial charge in [0.05, 0.1) is 0 Å². The van der Waals surface area contributed by atoms with Gasteiger partial charge in [0.1, 0.15) is 22.8 Å². The third-order valence-corrected chi connectivity index (χ3v) is 7.56. The van der Waals surface area contributed by atoms with Gasteiger partial charge in [0.2, 0.25) is 5.60 Å². The number of carbonyl (C=O) groups is 4.